The van der Waals surface area contributed by atoms with E-state index in [1.807, 2.05) is 13.8 Å². The third-order valence-corrected chi connectivity index (χ3v) is 3.55. The van der Waals surface area contributed by atoms with Crippen molar-refractivity contribution in [3.63, 3.8) is 0 Å². The molecular formula is C17H23NO6. The molecule has 0 radical (unpaired) electrons. The molecule has 1 fully saturated rings. The van der Waals surface area contributed by atoms with Crippen LogP contribution >= 0.6 is 0 Å². The Morgan fingerprint density at radius 1 is 1.29 bits per heavy atom. The number of benzene rings is 1. The van der Waals surface area contributed by atoms with Gasteiger partial charge in [-0.3, -0.25) is 4.79 Å². The van der Waals surface area contributed by atoms with Crippen LogP contribution in [-0.2, 0) is 9.53 Å². The van der Waals surface area contributed by atoms with Crippen LogP contribution in [0.5, 0.6) is 11.5 Å². The molecule has 1 aromatic rings. The molecule has 0 atom stereocenters. The minimum absolute atomic E-state index is 0.114. The number of carboxylic acid groups (broad SMARTS) is 1. The number of nitrogens with zero attached hydrogens (tertiary/aromatic N) is 1. The van der Waals surface area contributed by atoms with Crippen molar-refractivity contribution in [2.24, 2.45) is 0 Å². The molecule has 0 aliphatic carbocycles. The van der Waals surface area contributed by atoms with Crippen LogP contribution in [0.25, 0.3) is 0 Å². The Bertz CT molecular complexity index is 613. The summed E-state index contributed by atoms with van der Waals surface area (Å²) >= 11 is 0. The van der Waals surface area contributed by atoms with Crippen LogP contribution in [0.15, 0.2) is 18.2 Å². The molecular weight excluding hydrogens is 314 g/mol. The van der Waals surface area contributed by atoms with Gasteiger partial charge in [0.1, 0.15) is 0 Å². The summed E-state index contributed by atoms with van der Waals surface area (Å²) in [4.78, 5) is 25.1. The van der Waals surface area contributed by atoms with Crippen LogP contribution in [-0.4, -0.2) is 60.4 Å². The van der Waals surface area contributed by atoms with Crippen molar-refractivity contribution in [1.82, 2.24) is 4.90 Å². The molecule has 7 heteroatoms. The summed E-state index contributed by atoms with van der Waals surface area (Å²) in [6.07, 6.45) is 0. The Morgan fingerprint density at radius 2 is 2.04 bits per heavy atom. The minimum atomic E-state index is -1.08. The lowest BCUT2D eigenvalue weighted by Crippen LogP contribution is -2.50. The number of hydrogen-bond donors (Lipinski definition) is 1. The summed E-state index contributed by atoms with van der Waals surface area (Å²) < 4.78 is 16.3. The predicted octanol–water partition coefficient (Wildman–Crippen LogP) is 1.80. The van der Waals surface area contributed by atoms with Gasteiger partial charge in [0.25, 0.3) is 5.91 Å². The number of hydrogen-bond acceptors (Lipinski definition) is 5. The van der Waals surface area contributed by atoms with E-state index in [1.165, 1.54) is 0 Å². The SMILES string of the molecule is CCOc1cc(C(=O)N2CCOC(C)(C)C2)ccc1OCC(=O)O. The highest BCUT2D eigenvalue weighted by molar-refractivity contribution is 5.95. The van der Waals surface area contributed by atoms with E-state index >= 15 is 0 Å². The zero-order valence-corrected chi connectivity index (χ0v) is 14.2. The summed E-state index contributed by atoms with van der Waals surface area (Å²) in [6, 6.07) is 4.77. The quantitative estimate of drug-likeness (QED) is 0.852. The van der Waals surface area contributed by atoms with Crippen LogP contribution in [0.2, 0.25) is 0 Å². The second kappa shape index (κ2) is 7.53. The molecule has 1 aliphatic heterocycles. The van der Waals surface area contributed by atoms with E-state index < -0.39 is 12.6 Å². The van der Waals surface area contributed by atoms with Crippen molar-refractivity contribution in [2.75, 3.05) is 32.9 Å². The number of carboxylic acids is 1. The van der Waals surface area contributed by atoms with Gasteiger partial charge >= 0.3 is 5.97 Å². The fourth-order valence-corrected chi connectivity index (χ4v) is 2.54. The van der Waals surface area contributed by atoms with Crippen LogP contribution < -0.4 is 9.47 Å². The number of ether oxygens (including phenoxy) is 3. The smallest absolute Gasteiger partial charge is 0.341 e. The molecule has 7 nitrogen and oxygen atoms in total. The molecule has 132 valence electrons. The maximum Gasteiger partial charge on any atom is 0.341 e. The molecule has 1 aliphatic rings. The molecule has 1 amide bonds. The molecule has 0 saturated carbocycles. The van der Waals surface area contributed by atoms with Crippen LogP contribution in [0.4, 0.5) is 0 Å². The highest BCUT2D eigenvalue weighted by Crippen LogP contribution is 2.29. The summed E-state index contributed by atoms with van der Waals surface area (Å²) in [7, 11) is 0. The molecule has 1 saturated heterocycles. The number of aliphatic carboxylic acids is 1. The topological polar surface area (TPSA) is 85.3 Å². The van der Waals surface area contributed by atoms with Crippen LogP contribution in [0.1, 0.15) is 31.1 Å². The van der Waals surface area contributed by atoms with E-state index in [1.54, 1.807) is 30.0 Å². The Balaban J connectivity index is 2.19. The zero-order valence-electron chi connectivity index (χ0n) is 14.2. The summed E-state index contributed by atoms with van der Waals surface area (Å²) in [5.74, 6) is -0.527. The fraction of sp³-hybridized carbons (Fsp3) is 0.529. The predicted molar refractivity (Wildman–Crippen MR) is 86.7 cm³/mol. The first kappa shape index (κ1) is 18.1. The molecule has 1 heterocycles. The van der Waals surface area contributed by atoms with Gasteiger partial charge in [0.15, 0.2) is 18.1 Å². The van der Waals surface area contributed by atoms with Gasteiger partial charge in [-0.2, -0.15) is 0 Å². The van der Waals surface area contributed by atoms with E-state index in [9.17, 15) is 9.59 Å². The lowest BCUT2D eigenvalue weighted by molar-refractivity contribution is -0.139. The average Bonchev–Trinajstić information content (AvgIpc) is 2.52. The van der Waals surface area contributed by atoms with Crippen molar-refractivity contribution in [2.45, 2.75) is 26.4 Å². The number of amides is 1. The van der Waals surface area contributed by atoms with Gasteiger partial charge < -0.3 is 24.2 Å². The zero-order chi connectivity index (χ0) is 17.7. The Hall–Kier alpha value is -2.28. The Labute approximate surface area is 141 Å². The van der Waals surface area contributed by atoms with Gasteiger partial charge in [-0.25, -0.2) is 4.79 Å². The van der Waals surface area contributed by atoms with E-state index in [2.05, 4.69) is 0 Å². The number of carbonyl (C=O) groups excluding carboxylic acids is 1. The van der Waals surface area contributed by atoms with E-state index in [0.29, 0.717) is 43.4 Å². The molecule has 1 N–H and O–H groups in total. The number of rotatable bonds is 6. The standard InChI is InChI=1S/C17H23NO6/c1-4-22-14-9-12(5-6-13(14)23-10-15(19)20)16(21)18-7-8-24-17(2,3)11-18/h5-6,9H,4,7-8,10-11H2,1-3H3,(H,19,20). The van der Waals surface area contributed by atoms with Crippen molar-refractivity contribution in [1.29, 1.82) is 0 Å². The Morgan fingerprint density at radius 3 is 2.67 bits per heavy atom. The third kappa shape index (κ3) is 4.61. The first-order valence-corrected chi connectivity index (χ1v) is 7.87. The van der Waals surface area contributed by atoms with Gasteiger partial charge in [-0.05, 0) is 39.0 Å². The monoisotopic (exact) mass is 337 g/mol. The van der Waals surface area contributed by atoms with Gasteiger partial charge in [0.05, 0.1) is 18.8 Å². The molecule has 1 aromatic carbocycles. The molecule has 0 bridgehead atoms. The molecule has 0 aromatic heterocycles. The maximum absolute atomic E-state index is 12.7. The van der Waals surface area contributed by atoms with E-state index in [0.717, 1.165) is 0 Å². The van der Waals surface area contributed by atoms with Gasteiger partial charge in [-0.1, -0.05) is 0 Å². The molecule has 2 rings (SSSR count). The highest BCUT2D eigenvalue weighted by atomic mass is 16.5. The summed E-state index contributed by atoms with van der Waals surface area (Å²) in [5, 5.41) is 8.72. The van der Waals surface area contributed by atoms with Crippen LogP contribution in [0.3, 0.4) is 0 Å². The molecule has 0 spiro atoms. The largest absolute Gasteiger partial charge is 0.490 e. The maximum atomic E-state index is 12.7. The number of carbonyl (C=O) groups is 2. The highest BCUT2D eigenvalue weighted by Gasteiger charge is 2.30. The van der Waals surface area contributed by atoms with E-state index in [4.69, 9.17) is 19.3 Å². The minimum Gasteiger partial charge on any atom is -0.490 e. The number of morpholine rings is 1. The second-order valence-corrected chi connectivity index (χ2v) is 6.11. The molecule has 0 unspecified atom stereocenters. The normalized spacial score (nSPS) is 16.5. The first-order chi connectivity index (χ1) is 11.3. The third-order valence-electron chi connectivity index (χ3n) is 3.55. The van der Waals surface area contributed by atoms with E-state index in [-0.39, 0.29) is 11.5 Å². The second-order valence-electron chi connectivity index (χ2n) is 6.11. The van der Waals surface area contributed by atoms with Crippen molar-refractivity contribution >= 4 is 11.9 Å². The summed E-state index contributed by atoms with van der Waals surface area (Å²) in [6.45, 7) is 7.14. The lowest BCUT2D eigenvalue weighted by atomic mass is 10.1. The van der Waals surface area contributed by atoms with Gasteiger partial charge in [0.2, 0.25) is 0 Å². The van der Waals surface area contributed by atoms with Crippen LogP contribution in [0, 0.1) is 0 Å². The fourth-order valence-electron chi connectivity index (χ4n) is 2.54. The Kier molecular flexibility index (Phi) is 5.66. The molecule has 24 heavy (non-hydrogen) atoms. The average molecular weight is 337 g/mol. The van der Waals surface area contributed by atoms with Crippen molar-refractivity contribution in [3.05, 3.63) is 23.8 Å². The lowest BCUT2D eigenvalue weighted by Gasteiger charge is -2.38. The first-order valence-electron chi connectivity index (χ1n) is 7.87. The van der Waals surface area contributed by atoms with Gasteiger partial charge in [-0.15, -0.1) is 0 Å². The van der Waals surface area contributed by atoms with Crippen molar-refractivity contribution in [3.8, 4) is 11.5 Å². The van der Waals surface area contributed by atoms with Gasteiger partial charge in [0, 0.05) is 18.7 Å². The van der Waals surface area contributed by atoms with Crippen molar-refractivity contribution < 1.29 is 28.9 Å². The summed E-state index contributed by atoms with van der Waals surface area (Å²) in [5.41, 5.74) is 0.0973.